The van der Waals surface area contributed by atoms with Gasteiger partial charge in [0.15, 0.2) is 0 Å². The maximum atomic E-state index is 11.6. The zero-order valence-electron chi connectivity index (χ0n) is 7.91. The van der Waals surface area contributed by atoms with Crippen LogP contribution in [-0.2, 0) is 10.0 Å². The summed E-state index contributed by atoms with van der Waals surface area (Å²) in [6.45, 7) is 0. The van der Waals surface area contributed by atoms with Gasteiger partial charge in [0.2, 0.25) is 10.0 Å². The molecule has 0 spiro atoms. The van der Waals surface area contributed by atoms with Crippen molar-refractivity contribution >= 4 is 36.9 Å². The van der Waals surface area contributed by atoms with E-state index in [2.05, 4.69) is 25.6 Å². The van der Waals surface area contributed by atoms with Gasteiger partial charge in [0.25, 0.3) is 0 Å². The second-order valence-corrected chi connectivity index (χ2v) is 5.76. The van der Waals surface area contributed by atoms with Crippen LogP contribution in [0.5, 0.6) is 0 Å². The Morgan fingerprint density at radius 3 is 2.80 bits per heavy atom. The molecule has 6 heteroatoms. The molecular weight excluding hydrogens is 280 g/mol. The molecule has 0 atom stereocenters. The minimum Gasteiger partial charge on any atom is -0.361 e. The van der Waals surface area contributed by atoms with Crippen LogP contribution < -0.4 is 4.72 Å². The molecule has 0 aliphatic heterocycles. The van der Waals surface area contributed by atoms with Crippen molar-refractivity contribution in [1.29, 1.82) is 0 Å². The SMILES string of the molecule is CNS(=O)(=O)c1cc2[nH]ccc2cc1Br. The van der Waals surface area contributed by atoms with Gasteiger partial charge in [-0.05, 0) is 41.2 Å². The molecule has 1 heterocycles. The van der Waals surface area contributed by atoms with E-state index in [1.807, 2.05) is 6.07 Å². The number of sulfonamides is 1. The van der Waals surface area contributed by atoms with E-state index >= 15 is 0 Å². The van der Waals surface area contributed by atoms with Gasteiger partial charge in [-0.1, -0.05) is 0 Å². The second-order valence-electron chi connectivity index (χ2n) is 3.06. The fraction of sp³-hybridized carbons (Fsp3) is 0.111. The number of benzene rings is 1. The Kier molecular flexibility index (Phi) is 2.57. The van der Waals surface area contributed by atoms with Crippen molar-refractivity contribution in [2.45, 2.75) is 4.90 Å². The van der Waals surface area contributed by atoms with E-state index in [9.17, 15) is 8.42 Å². The fourth-order valence-electron chi connectivity index (χ4n) is 1.37. The summed E-state index contributed by atoms with van der Waals surface area (Å²) in [5, 5.41) is 0.969. The fourth-order valence-corrected chi connectivity index (χ4v) is 3.18. The number of hydrogen-bond donors (Lipinski definition) is 2. The number of rotatable bonds is 2. The van der Waals surface area contributed by atoms with Crippen LogP contribution in [0.1, 0.15) is 0 Å². The highest BCUT2D eigenvalue weighted by atomic mass is 79.9. The first-order chi connectivity index (χ1) is 7.04. The molecule has 0 amide bonds. The molecule has 0 aliphatic carbocycles. The Morgan fingerprint density at radius 1 is 1.40 bits per heavy atom. The van der Waals surface area contributed by atoms with Crippen LogP contribution >= 0.6 is 15.9 Å². The molecule has 80 valence electrons. The monoisotopic (exact) mass is 288 g/mol. The third kappa shape index (κ3) is 1.80. The number of nitrogens with one attached hydrogen (secondary N) is 2. The van der Waals surface area contributed by atoms with Gasteiger partial charge in [-0.3, -0.25) is 0 Å². The summed E-state index contributed by atoms with van der Waals surface area (Å²) < 4.78 is 26.1. The average molecular weight is 289 g/mol. The highest BCUT2D eigenvalue weighted by Crippen LogP contribution is 2.26. The Bertz CT molecular complexity index is 604. The van der Waals surface area contributed by atoms with Gasteiger partial charge in [-0.15, -0.1) is 0 Å². The largest absolute Gasteiger partial charge is 0.361 e. The summed E-state index contributed by atoms with van der Waals surface area (Å²) in [5.74, 6) is 0. The van der Waals surface area contributed by atoms with Gasteiger partial charge in [0.1, 0.15) is 0 Å². The van der Waals surface area contributed by atoms with Gasteiger partial charge in [-0.2, -0.15) is 0 Å². The second kappa shape index (κ2) is 3.62. The summed E-state index contributed by atoms with van der Waals surface area (Å²) >= 11 is 3.25. The first-order valence-electron chi connectivity index (χ1n) is 4.25. The summed E-state index contributed by atoms with van der Waals surface area (Å²) in [7, 11) is -2.03. The Balaban J connectivity index is 2.76. The van der Waals surface area contributed by atoms with Crippen LogP contribution in [0.25, 0.3) is 10.9 Å². The van der Waals surface area contributed by atoms with Crippen LogP contribution in [0.4, 0.5) is 0 Å². The molecule has 0 fully saturated rings. The quantitative estimate of drug-likeness (QED) is 0.886. The number of aromatic nitrogens is 1. The van der Waals surface area contributed by atoms with Crippen LogP contribution in [-0.4, -0.2) is 20.4 Å². The first kappa shape index (κ1) is 10.7. The van der Waals surface area contributed by atoms with Crippen LogP contribution in [0.2, 0.25) is 0 Å². The van der Waals surface area contributed by atoms with E-state index < -0.39 is 10.0 Å². The lowest BCUT2D eigenvalue weighted by atomic mass is 10.2. The molecule has 0 saturated heterocycles. The van der Waals surface area contributed by atoms with Gasteiger partial charge >= 0.3 is 0 Å². The minimum absolute atomic E-state index is 0.236. The van der Waals surface area contributed by atoms with Gasteiger partial charge in [-0.25, -0.2) is 13.1 Å². The predicted molar refractivity (Wildman–Crippen MR) is 62.2 cm³/mol. The van der Waals surface area contributed by atoms with Crippen molar-refractivity contribution in [3.63, 3.8) is 0 Å². The number of fused-ring (bicyclic) bond motifs is 1. The average Bonchev–Trinajstić information content (AvgIpc) is 2.63. The van der Waals surface area contributed by atoms with Crippen molar-refractivity contribution < 1.29 is 8.42 Å². The molecule has 1 aromatic carbocycles. The molecule has 0 unspecified atom stereocenters. The number of halogens is 1. The van der Waals surface area contributed by atoms with Gasteiger partial charge in [0, 0.05) is 21.6 Å². The van der Waals surface area contributed by atoms with E-state index in [1.165, 1.54) is 7.05 Å². The molecule has 2 rings (SSSR count). The Labute approximate surface area is 95.9 Å². The van der Waals surface area contributed by atoms with Crippen molar-refractivity contribution in [3.8, 4) is 0 Å². The topological polar surface area (TPSA) is 62.0 Å². The van der Waals surface area contributed by atoms with E-state index in [1.54, 1.807) is 18.3 Å². The predicted octanol–water partition coefficient (Wildman–Crippen LogP) is 1.84. The van der Waals surface area contributed by atoms with E-state index in [0.29, 0.717) is 4.47 Å². The third-order valence-electron chi connectivity index (χ3n) is 2.16. The molecule has 0 bridgehead atoms. The summed E-state index contributed by atoms with van der Waals surface area (Å²) in [6.07, 6.45) is 1.77. The smallest absolute Gasteiger partial charge is 0.241 e. The minimum atomic E-state index is -3.42. The standard InChI is InChI=1S/C9H9BrN2O2S/c1-11-15(13,14)9-5-8-6(2-3-12-8)4-7(9)10/h2-5,11-12H,1H3. The zero-order chi connectivity index (χ0) is 11.1. The van der Waals surface area contributed by atoms with Crippen molar-refractivity contribution in [2.75, 3.05) is 7.05 Å². The lowest BCUT2D eigenvalue weighted by Gasteiger charge is -2.05. The van der Waals surface area contributed by atoms with Gasteiger partial charge in [0.05, 0.1) is 4.90 Å². The molecule has 0 aliphatic rings. The molecule has 0 radical (unpaired) electrons. The first-order valence-corrected chi connectivity index (χ1v) is 6.52. The number of hydrogen-bond acceptors (Lipinski definition) is 2. The highest BCUT2D eigenvalue weighted by Gasteiger charge is 2.16. The zero-order valence-corrected chi connectivity index (χ0v) is 10.3. The normalized spacial score (nSPS) is 12.1. The Morgan fingerprint density at radius 2 is 2.13 bits per heavy atom. The van der Waals surface area contributed by atoms with Crippen molar-refractivity contribution in [2.24, 2.45) is 0 Å². The van der Waals surface area contributed by atoms with Crippen LogP contribution in [0.3, 0.4) is 0 Å². The van der Waals surface area contributed by atoms with E-state index in [0.717, 1.165) is 10.9 Å². The summed E-state index contributed by atoms with van der Waals surface area (Å²) in [4.78, 5) is 3.21. The molecule has 2 aromatic rings. The maximum Gasteiger partial charge on any atom is 0.241 e. The van der Waals surface area contributed by atoms with Crippen LogP contribution in [0.15, 0.2) is 33.8 Å². The van der Waals surface area contributed by atoms with E-state index in [-0.39, 0.29) is 4.90 Å². The molecule has 1 aromatic heterocycles. The Hall–Kier alpha value is -0.850. The molecule has 2 N–H and O–H groups in total. The lowest BCUT2D eigenvalue weighted by Crippen LogP contribution is -2.18. The van der Waals surface area contributed by atoms with E-state index in [4.69, 9.17) is 0 Å². The highest BCUT2D eigenvalue weighted by molar-refractivity contribution is 9.10. The van der Waals surface area contributed by atoms with Crippen LogP contribution in [0, 0.1) is 0 Å². The number of H-pyrrole nitrogens is 1. The summed E-state index contributed by atoms with van der Waals surface area (Å²) in [6, 6.07) is 5.26. The van der Waals surface area contributed by atoms with Crippen molar-refractivity contribution in [1.82, 2.24) is 9.71 Å². The number of aromatic amines is 1. The molecule has 0 saturated carbocycles. The maximum absolute atomic E-state index is 11.6. The van der Waals surface area contributed by atoms with Crippen molar-refractivity contribution in [3.05, 3.63) is 28.9 Å². The molecule has 4 nitrogen and oxygen atoms in total. The summed E-state index contributed by atoms with van der Waals surface area (Å²) in [5.41, 5.74) is 0.798. The lowest BCUT2D eigenvalue weighted by molar-refractivity contribution is 0.588. The molecular formula is C9H9BrN2O2S. The van der Waals surface area contributed by atoms with Gasteiger partial charge < -0.3 is 4.98 Å². The molecule has 15 heavy (non-hydrogen) atoms. The third-order valence-corrected chi connectivity index (χ3v) is 4.54.